The molecule has 2 unspecified atom stereocenters. The summed E-state index contributed by atoms with van der Waals surface area (Å²) in [6.45, 7) is 7.97. The zero-order valence-corrected chi connectivity index (χ0v) is 16.5. The van der Waals surface area contributed by atoms with E-state index in [0.717, 1.165) is 36.4 Å². The maximum Gasteiger partial charge on any atom is 0.270 e. The van der Waals surface area contributed by atoms with Crippen LogP contribution in [0.15, 0.2) is 18.3 Å². The number of fused-ring (bicyclic) bond motifs is 4. The van der Waals surface area contributed by atoms with Crippen LogP contribution in [0.4, 0.5) is 5.00 Å². The summed E-state index contributed by atoms with van der Waals surface area (Å²) in [5.41, 5.74) is 0.529. The number of ether oxygens (including phenoxy) is 1. The number of anilines is 1. The molecule has 0 aromatic carbocycles. The summed E-state index contributed by atoms with van der Waals surface area (Å²) < 4.78 is 6.57. The van der Waals surface area contributed by atoms with Gasteiger partial charge in [-0.3, -0.25) is 14.7 Å². The first-order valence-electron chi connectivity index (χ1n) is 9.96. The summed E-state index contributed by atoms with van der Waals surface area (Å²) in [7, 11) is 0. The maximum atomic E-state index is 12.9. The number of piperidine rings is 3. The molecule has 0 spiro atoms. The van der Waals surface area contributed by atoms with E-state index in [0.29, 0.717) is 17.7 Å². The molecule has 1 N–H and O–H groups in total. The van der Waals surface area contributed by atoms with Crippen molar-refractivity contribution in [1.29, 1.82) is 0 Å². The minimum atomic E-state index is -0.0381. The van der Waals surface area contributed by atoms with Crippen LogP contribution in [0.25, 0.3) is 10.1 Å². The zero-order chi connectivity index (χ0) is 18.4. The van der Waals surface area contributed by atoms with Crippen LogP contribution in [-0.4, -0.2) is 67.3 Å². The maximum absolute atomic E-state index is 12.9. The Balaban J connectivity index is 1.34. The van der Waals surface area contributed by atoms with Crippen molar-refractivity contribution in [3.05, 3.63) is 24.0 Å². The highest BCUT2D eigenvalue weighted by atomic mass is 32.1. The van der Waals surface area contributed by atoms with Crippen LogP contribution in [0.5, 0.6) is 0 Å². The lowest BCUT2D eigenvalue weighted by molar-refractivity contribution is 0.0216. The lowest BCUT2D eigenvalue weighted by atomic mass is 9.79. The average Bonchev–Trinajstić information content (AvgIpc) is 3.15. The Bertz CT molecular complexity index is 838. The van der Waals surface area contributed by atoms with E-state index in [2.05, 4.69) is 33.1 Å². The molecule has 0 aliphatic carbocycles. The van der Waals surface area contributed by atoms with Crippen LogP contribution < -0.4 is 10.2 Å². The summed E-state index contributed by atoms with van der Waals surface area (Å²) in [6, 6.07) is 4.78. The van der Waals surface area contributed by atoms with Gasteiger partial charge in [0.05, 0.1) is 18.2 Å². The number of carbonyl (C=O) groups excluding carboxylic acids is 1. The molecular formula is C20H26N4O2S. The van der Waals surface area contributed by atoms with E-state index in [1.54, 1.807) is 11.3 Å². The normalized spacial score (nSPS) is 30.6. The number of rotatable bonds is 3. The molecule has 27 heavy (non-hydrogen) atoms. The molecule has 4 aliphatic rings. The topological polar surface area (TPSA) is 57.7 Å². The van der Waals surface area contributed by atoms with Gasteiger partial charge in [-0.2, -0.15) is 0 Å². The minimum Gasteiger partial charge on any atom is -0.378 e. The molecule has 6 nitrogen and oxygen atoms in total. The third kappa shape index (κ3) is 3.22. The number of morpholine rings is 1. The van der Waals surface area contributed by atoms with E-state index in [1.165, 1.54) is 30.9 Å². The Morgan fingerprint density at radius 2 is 2.00 bits per heavy atom. The first kappa shape index (κ1) is 17.4. The standard InChI is InChI=1S/C20H26N4O2S/c1-13-19(14-2-4-23(13)5-3-14)22-20(25)16-11-17-15(12-21-16)10-18(27-17)24-6-8-26-9-7-24/h10-14,19H,2-9H2,1H3,(H,22,25). The van der Waals surface area contributed by atoms with E-state index >= 15 is 0 Å². The fourth-order valence-electron chi connectivity index (χ4n) is 4.75. The molecule has 4 aliphatic heterocycles. The molecule has 6 rings (SSSR count). The van der Waals surface area contributed by atoms with Crippen LogP contribution in [0.1, 0.15) is 30.3 Å². The number of nitrogens with zero attached hydrogens (tertiary/aromatic N) is 3. The van der Waals surface area contributed by atoms with Crippen LogP contribution in [0, 0.1) is 5.92 Å². The highest BCUT2D eigenvalue weighted by Gasteiger charge is 2.40. The van der Waals surface area contributed by atoms with Crippen molar-refractivity contribution < 1.29 is 9.53 Å². The van der Waals surface area contributed by atoms with Crippen LogP contribution in [-0.2, 0) is 4.74 Å². The third-order valence-electron chi connectivity index (χ3n) is 6.42. The molecule has 0 radical (unpaired) electrons. The predicted octanol–water partition coefficient (Wildman–Crippen LogP) is 2.35. The first-order chi connectivity index (χ1) is 13.2. The van der Waals surface area contributed by atoms with Gasteiger partial charge in [0.1, 0.15) is 5.69 Å². The molecule has 2 aromatic heterocycles. The van der Waals surface area contributed by atoms with Gasteiger partial charge in [0, 0.05) is 41.5 Å². The molecule has 2 aromatic rings. The van der Waals surface area contributed by atoms with Crippen molar-refractivity contribution in [2.45, 2.75) is 31.8 Å². The van der Waals surface area contributed by atoms with E-state index < -0.39 is 0 Å². The Morgan fingerprint density at radius 1 is 1.22 bits per heavy atom. The summed E-state index contributed by atoms with van der Waals surface area (Å²) in [5, 5.41) is 5.63. The predicted molar refractivity (Wildman–Crippen MR) is 108 cm³/mol. The molecule has 7 heteroatoms. The first-order valence-corrected chi connectivity index (χ1v) is 10.8. The van der Waals surface area contributed by atoms with Gasteiger partial charge in [0.25, 0.3) is 5.91 Å². The monoisotopic (exact) mass is 386 g/mol. The second kappa shape index (κ2) is 7.04. The minimum absolute atomic E-state index is 0.0381. The second-order valence-electron chi connectivity index (χ2n) is 7.90. The summed E-state index contributed by atoms with van der Waals surface area (Å²) in [6.07, 6.45) is 4.22. The van der Waals surface area contributed by atoms with Gasteiger partial charge in [-0.1, -0.05) is 0 Å². The number of amides is 1. The fourth-order valence-corrected chi connectivity index (χ4v) is 5.88. The molecule has 2 atom stereocenters. The number of nitrogens with one attached hydrogen (secondary N) is 1. The molecule has 1 amide bonds. The average molecular weight is 387 g/mol. The number of carbonyl (C=O) groups is 1. The highest BCUT2D eigenvalue weighted by Crippen LogP contribution is 2.34. The van der Waals surface area contributed by atoms with Gasteiger partial charge in [0.2, 0.25) is 0 Å². The van der Waals surface area contributed by atoms with Gasteiger partial charge >= 0.3 is 0 Å². The number of thiophene rings is 1. The lowest BCUT2D eigenvalue weighted by Crippen LogP contribution is -2.62. The SMILES string of the molecule is CC1C(NC(=O)c2cc3sc(N4CCOCC4)cc3cn2)C2CCN1CC2. The summed E-state index contributed by atoms with van der Waals surface area (Å²) in [5.74, 6) is 0.566. The van der Waals surface area contributed by atoms with Crippen molar-refractivity contribution in [2.24, 2.45) is 5.92 Å². The Hall–Kier alpha value is -1.70. The van der Waals surface area contributed by atoms with E-state index in [9.17, 15) is 4.79 Å². The van der Waals surface area contributed by atoms with Gasteiger partial charge in [-0.05, 0) is 50.9 Å². The molecule has 6 heterocycles. The summed E-state index contributed by atoms with van der Waals surface area (Å²) in [4.78, 5) is 22.2. The Kier molecular flexibility index (Phi) is 4.53. The van der Waals surface area contributed by atoms with Crippen molar-refractivity contribution in [3.8, 4) is 0 Å². The molecular weight excluding hydrogens is 360 g/mol. The van der Waals surface area contributed by atoms with Crippen LogP contribution in [0.3, 0.4) is 0 Å². The second-order valence-corrected chi connectivity index (χ2v) is 8.97. The van der Waals surface area contributed by atoms with Gasteiger partial charge in [-0.25, -0.2) is 0 Å². The highest BCUT2D eigenvalue weighted by molar-refractivity contribution is 7.22. The number of aromatic nitrogens is 1. The van der Waals surface area contributed by atoms with Crippen molar-refractivity contribution in [1.82, 2.24) is 15.2 Å². The quantitative estimate of drug-likeness (QED) is 0.878. The molecule has 0 saturated carbocycles. The van der Waals surface area contributed by atoms with Crippen molar-refractivity contribution in [3.63, 3.8) is 0 Å². The van der Waals surface area contributed by atoms with E-state index in [1.807, 2.05) is 12.3 Å². The van der Waals surface area contributed by atoms with Crippen molar-refractivity contribution >= 4 is 32.3 Å². The van der Waals surface area contributed by atoms with Crippen LogP contribution >= 0.6 is 11.3 Å². The van der Waals surface area contributed by atoms with E-state index in [-0.39, 0.29) is 11.9 Å². The van der Waals surface area contributed by atoms with Crippen LogP contribution in [0.2, 0.25) is 0 Å². The van der Waals surface area contributed by atoms with Gasteiger partial charge in [0.15, 0.2) is 0 Å². The third-order valence-corrected chi connectivity index (χ3v) is 7.58. The molecule has 4 saturated heterocycles. The largest absolute Gasteiger partial charge is 0.378 e. The van der Waals surface area contributed by atoms with Crippen molar-refractivity contribution in [2.75, 3.05) is 44.3 Å². The van der Waals surface area contributed by atoms with E-state index in [4.69, 9.17) is 4.74 Å². The Labute approximate surface area is 163 Å². The zero-order valence-electron chi connectivity index (χ0n) is 15.7. The number of hydrogen-bond acceptors (Lipinski definition) is 6. The lowest BCUT2D eigenvalue weighted by Gasteiger charge is -2.49. The number of pyridine rings is 1. The molecule has 2 bridgehead atoms. The Morgan fingerprint density at radius 3 is 2.74 bits per heavy atom. The summed E-state index contributed by atoms with van der Waals surface area (Å²) >= 11 is 1.74. The van der Waals surface area contributed by atoms with Gasteiger partial charge in [-0.15, -0.1) is 11.3 Å². The van der Waals surface area contributed by atoms with Gasteiger partial charge < -0.3 is 15.0 Å². The molecule has 144 valence electrons. The fraction of sp³-hybridized carbons (Fsp3) is 0.600. The number of hydrogen-bond donors (Lipinski definition) is 1. The smallest absolute Gasteiger partial charge is 0.270 e. The molecule has 4 fully saturated rings.